The standard InChI is InChI=1S/C28H31N5O3/c1-20(2)17-18-29-28(35)27(21-13-15-23(36-3)16-14-21)33(22-9-5-4-6-10-22)26(34)19-32-25-12-8-7-11-24(25)30-31-32/h4-16,20,27H,17-19H2,1-3H3,(H,29,35)/t27-/m0/s1. The van der Waals surface area contributed by atoms with Crippen molar-refractivity contribution in [2.45, 2.75) is 32.9 Å². The number of aromatic nitrogens is 3. The lowest BCUT2D eigenvalue weighted by Gasteiger charge is -2.31. The Balaban J connectivity index is 1.74. The van der Waals surface area contributed by atoms with E-state index >= 15 is 0 Å². The molecule has 0 spiro atoms. The van der Waals surface area contributed by atoms with Crippen LogP contribution in [0.5, 0.6) is 5.75 Å². The Morgan fingerprint density at radius 2 is 1.67 bits per heavy atom. The lowest BCUT2D eigenvalue weighted by Crippen LogP contribution is -2.45. The Hall–Kier alpha value is -4.20. The third kappa shape index (κ3) is 5.71. The molecule has 8 nitrogen and oxygen atoms in total. The fourth-order valence-corrected chi connectivity index (χ4v) is 4.05. The van der Waals surface area contributed by atoms with Crippen molar-refractivity contribution in [2.75, 3.05) is 18.6 Å². The number of methoxy groups -OCH3 is 1. The lowest BCUT2D eigenvalue weighted by molar-refractivity contribution is -0.127. The molecule has 1 N–H and O–H groups in total. The van der Waals surface area contributed by atoms with Crippen LogP contribution in [0.2, 0.25) is 0 Å². The van der Waals surface area contributed by atoms with Gasteiger partial charge in [-0.2, -0.15) is 0 Å². The number of hydrogen-bond acceptors (Lipinski definition) is 5. The van der Waals surface area contributed by atoms with Gasteiger partial charge in [0.05, 0.1) is 12.6 Å². The van der Waals surface area contributed by atoms with Crippen molar-refractivity contribution in [3.63, 3.8) is 0 Å². The minimum atomic E-state index is -0.882. The topological polar surface area (TPSA) is 89.4 Å². The molecule has 1 heterocycles. The summed E-state index contributed by atoms with van der Waals surface area (Å²) in [6.45, 7) is 4.67. The Morgan fingerprint density at radius 3 is 2.36 bits per heavy atom. The van der Waals surface area contributed by atoms with Crippen LogP contribution in [0.4, 0.5) is 5.69 Å². The first kappa shape index (κ1) is 24.9. The summed E-state index contributed by atoms with van der Waals surface area (Å²) in [6, 6.07) is 23.1. The molecule has 36 heavy (non-hydrogen) atoms. The average Bonchev–Trinajstić information content (AvgIpc) is 3.30. The van der Waals surface area contributed by atoms with Gasteiger partial charge in [-0.05, 0) is 54.3 Å². The lowest BCUT2D eigenvalue weighted by atomic mass is 10.0. The van der Waals surface area contributed by atoms with Crippen molar-refractivity contribution >= 4 is 28.5 Å². The SMILES string of the molecule is COc1ccc([C@@H](C(=O)NCCC(C)C)N(C(=O)Cn2nnc3ccccc32)c2ccccc2)cc1. The van der Waals surface area contributed by atoms with Gasteiger partial charge in [0, 0.05) is 12.2 Å². The summed E-state index contributed by atoms with van der Waals surface area (Å²) < 4.78 is 6.87. The first-order valence-electron chi connectivity index (χ1n) is 12.0. The van der Waals surface area contributed by atoms with Gasteiger partial charge in [-0.25, -0.2) is 4.68 Å². The zero-order valence-electron chi connectivity index (χ0n) is 20.8. The van der Waals surface area contributed by atoms with Crippen LogP contribution in [-0.4, -0.2) is 40.5 Å². The molecule has 0 aliphatic rings. The van der Waals surface area contributed by atoms with Crippen LogP contribution in [0.3, 0.4) is 0 Å². The molecule has 1 aromatic heterocycles. The first-order valence-corrected chi connectivity index (χ1v) is 12.0. The van der Waals surface area contributed by atoms with Crippen LogP contribution in [-0.2, 0) is 16.1 Å². The molecule has 4 aromatic rings. The van der Waals surface area contributed by atoms with E-state index in [4.69, 9.17) is 4.74 Å². The molecule has 0 unspecified atom stereocenters. The maximum absolute atomic E-state index is 13.9. The van der Waals surface area contributed by atoms with E-state index in [-0.39, 0.29) is 18.4 Å². The fraction of sp³-hybridized carbons (Fsp3) is 0.286. The second-order valence-corrected chi connectivity index (χ2v) is 8.98. The van der Waals surface area contributed by atoms with Gasteiger partial charge < -0.3 is 10.1 Å². The molecule has 4 rings (SSSR count). The van der Waals surface area contributed by atoms with Crippen molar-refractivity contribution in [3.05, 3.63) is 84.4 Å². The smallest absolute Gasteiger partial charge is 0.249 e. The molecule has 0 saturated heterocycles. The molecule has 3 aromatic carbocycles. The zero-order valence-corrected chi connectivity index (χ0v) is 20.8. The van der Waals surface area contributed by atoms with Gasteiger partial charge in [-0.15, -0.1) is 5.10 Å². The number of carbonyl (C=O) groups is 2. The van der Waals surface area contributed by atoms with Gasteiger partial charge in [0.15, 0.2) is 0 Å². The molecule has 0 saturated carbocycles. The minimum Gasteiger partial charge on any atom is -0.497 e. The van der Waals surface area contributed by atoms with Gasteiger partial charge in [0.1, 0.15) is 23.9 Å². The van der Waals surface area contributed by atoms with Crippen molar-refractivity contribution < 1.29 is 14.3 Å². The van der Waals surface area contributed by atoms with Crippen molar-refractivity contribution in [1.29, 1.82) is 0 Å². The van der Waals surface area contributed by atoms with E-state index in [2.05, 4.69) is 29.5 Å². The Labute approximate surface area is 210 Å². The van der Waals surface area contributed by atoms with E-state index in [1.807, 2.05) is 66.7 Å². The highest BCUT2D eigenvalue weighted by Gasteiger charge is 2.33. The van der Waals surface area contributed by atoms with E-state index < -0.39 is 6.04 Å². The van der Waals surface area contributed by atoms with Crippen LogP contribution >= 0.6 is 0 Å². The largest absolute Gasteiger partial charge is 0.497 e. The highest BCUT2D eigenvalue weighted by atomic mass is 16.5. The fourth-order valence-electron chi connectivity index (χ4n) is 4.05. The highest BCUT2D eigenvalue weighted by Crippen LogP contribution is 2.30. The van der Waals surface area contributed by atoms with Crippen LogP contribution in [0, 0.1) is 5.92 Å². The summed E-state index contributed by atoms with van der Waals surface area (Å²) in [6.07, 6.45) is 0.839. The predicted molar refractivity (Wildman–Crippen MR) is 140 cm³/mol. The summed E-state index contributed by atoms with van der Waals surface area (Å²) in [5.74, 6) is 0.583. The van der Waals surface area contributed by atoms with Crippen molar-refractivity contribution in [2.24, 2.45) is 5.92 Å². The molecule has 0 aliphatic carbocycles. The van der Waals surface area contributed by atoms with Gasteiger partial charge in [-0.3, -0.25) is 14.5 Å². The second kappa shape index (κ2) is 11.5. The molecule has 1 atom stereocenters. The van der Waals surface area contributed by atoms with Gasteiger partial charge in [0.2, 0.25) is 11.8 Å². The molecule has 0 bridgehead atoms. The molecule has 0 fully saturated rings. The Bertz CT molecular complexity index is 1300. The summed E-state index contributed by atoms with van der Waals surface area (Å²) in [5, 5.41) is 11.4. The van der Waals surface area contributed by atoms with E-state index in [0.717, 1.165) is 11.9 Å². The average molecular weight is 486 g/mol. The van der Waals surface area contributed by atoms with E-state index in [1.54, 1.807) is 28.8 Å². The number of rotatable bonds is 10. The van der Waals surface area contributed by atoms with E-state index in [9.17, 15) is 9.59 Å². The molecule has 2 amide bonds. The molecule has 8 heteroatoms. The normalized spacial score (nSPS) is 11.9. The van der Waals surface area contributed by atoms with Gasteiger partial charge >= 0.3 is 0 Å². The summed E-state index contributed by atoms with van der Waals surface area (Å²) in [5.41, 5.74) is 2.75. The molecule has 0 aliphatic heterocycles. The van der Waals surface area contributed by atoms with E-state index in [0.29, 0.717) is 35.0 Å². The summed E-state index contributed by atoms with van der Waals surface area (Å²) >= 11 is 0. The molecular formula is C28H31N5O3. The Morgan fingerprint density at radius 1 is 0.972 bits per heavy atom. The number of anilines is 1. The quantitative estimate of drug-likeness (QED) is 0.360. The number of fused-ring (bicyclic) bond motifs is 1. The Kier molecular flexibility index (Phi) is 7.95. The third-order valence-corrected chi connectivity index (χ3v) is 5.97. The predicted octanol–water partition coefficient (Wildman–Crippen LogP) is 4.38. The molecular weight excluding hydrogens is 454 g/mol. The van der Waals surface area contributed by atoms with Crippen molar-refractivity contribution in [3.8, 4) is 5.75 Å². The molecule has 0 radical (unpaired) electrons. The van der Waals surface area contributed by atoms with Gasteiger partial charge in [-0.1, -0.05) is 61.5 Å². The number of nitrogens with one attached hydrogen (secondary N) is 1. The van der Waals surface area contributed by atoms with Crippen LogP contribution in [0.15, 0.2) is 78.9 Å². The number of hydrogen-bond donors (Lipinski definition) is 1. The van der Waals surface area contributed by atoms with Crippen LogP contribution in [0.25, 0.3) is 11.0 Å². The van der Waals surface area contributed by atoms with E-state index in [1.165, 1.54) is 0 Å². The zero-order chi connectivity index (χ0) is 25.5. The summed E-state index contributed by atoms with van der Waals surface area (Å²) in [7, 11) is 1.59. The van der Waals surface area contributed by atoms with Gasteiger partial charge in [0.25, 0.3) is 0 Å². The number of amides is 2. The minimum absolute atomic E-state index is 0.0681. The number of para-hydroxylation sites is 2. The second-order valence-electron chi connectivity index (χ2n) is 8.98. The number of nitrogens with zero attached hydrogens (tertiary/aromatic N) is 4. The van der Waals surface area contributed by atoms with Crippen LogP contribution in [0.1, 0.15) is 31.9 Å². The van der Waals surface area contributed by atoms with Crippen molar-refractivity contribution in [1.82, 2.24) is 20.3 Å². The molecule has 186 valence electrons. The number of benzene rings is 3. The maximum atomic E-state index is 13.9. The number of ether oxygens (including phenoxy) is 1. The van der Waals surface area contributed by atoms with Crippen LogP contribution < -0.4 is 15.0 Å². The number of carbonyl (C=O) groups excluding carboxylic acids is 2. The highest BCUT2D eigenvalue weighted by molar-refractivity contribution is 6.01. The maximum Gasteiger partial charge on any atom is 0.249 e. The monoisotopic (exact) mass is 485 g/mol. The third-order valence-electron chi connectivity index (χ3n) is 5.97. The summed E-state index contributed by atoms with van der Waals surface area (Å²) in [4.78, 5) is 29.1. The first-order chi connectivity index (χ1) is 17.5.